The average Bonchev–Trinajstić information content (AvgIpc) is 3.21. The van der Waals surface area contributed by atoms with E-state index in [9.17, 15) is 4.79 Å². The van der Waals surface area contributed by atoms with Crippen molar-refractivity contribution in [2.75, 3.05) is 13.1 Å². The second-order valence-electron chi connectivity index (χ2n) is 7.04. The smallest absolute Gasteiger partial charge is 0.408 e. The van der Waals surface area contributed by atoms with Gasteiger partial charge >= 0.3 is 6.09 Å². The van der Waals surface area contributed by atoms with E-state index in [1.54, 1.807) is 11.1 Å². The summed E-state index contributed by atoms with van der Waals surface area (Å²) in [5, 5.41) is 4.09. The Balaban J connectivity index is 1.35. The van der Waals surface area contributed by atoms with Crippen LogP contribution in [-0.2, 0) is 0 Å². The van der Waals surface area contributed by atoms with Crippen molar-refractivity contribution in [2.45, 2.75) is 32.6 Å². The summed E-state index contributed by atoms with van der Waals surface area (Å²) in [6, 6.07) is 11.6. The molecule has 1 aliphatic heterocycles. The number of aryl methyl sites for hydroxylation is 2. The van der Waals surface area contributed by atoms with Gasteiger partial charge in [0.25, 0.3) is 0 Å². The van der Waals surface area contributed by atoms with Crippen LogP contribution < -0.4 is 4.74 Å². The van der Waals surface area contributed by atoms with Crippen molar-refractivity contribution in [2.24, 2.45) is 0 Å². The Morgan fingerprint density at radius 1 is 1.18 bits per heavy atom. The van der Waals surface area contributed by atoms with E-state index in [0.29, 0.717) is 30.6 Å². The fourth-order valence-corrected chi connectivity index (χ4v) is 3.36. The van der Waals surface area contributed by atoms with Gasteiger partial charge in [0.1, 0.15) is 0 Å². The fourth-order valence-electron chi connectivity index (χ4n) is 3.36. The Bertz CT molecular complexity index is 963. The number of aromatic nitrogens is 3. The molecule has 144 valence electrons. The van der Waals surface area contributed by atoms with Gasteiger partial charge in [0.15, 0.2) is 5.75 Å². The van der Waals surface area contributed by atoms with Gasteiger partial charge in [0, 0.05) is 30.3 Å². The molecule has 2 aromatic heterocycles. The maximum Gasteiger partial charge on any atom is 0.415 e. The van der Waals surface area contributed by atoms with Gasteiger partial charge in [-0.15, -0.1) is 0 Å². The summed E-state index contributed by atoms with van der Waals surface area (Å²) in [5.41, 5.74) is 2.73. The number of carbonyl (C=O) groups is 1. The molecule has 1 fully saturated rings. The van der Waals surface area contributed by atoms with Gasteiger partial charge in [0.2, 0.25) is 11.7 Å². The van der Waals surface area contributed by atoms with Crippen molar-refractivity contribution >= 4 is 6.09 Å². The number of carbonyl (C=O) groups excluding carboxylic acids is 1. The fraction of sp³-hybridized carbons (Fsp3) is 0.333. The molecule has 7 nitrogen and oxygen atoms in total. The third kappa shape index (κ3) is 3.88. The normalized spacial score (nSPS) is 14.9. The molecule has 0 unspecified atom stereocenters. The molecule has 1 aliphatic rings. The van der Waals surface area contributed by atoms with Crippen LogP contribution in [0.1, 0.15) is 35.9 Å². The average molecular weight is 378 g/mol. The summed E-state index contributed by atoms with van der Waals surface area (Å²) in [5.74, 6) is 1.88. The Labute approximate surface area is 163 Å². The van der Waals surface area contributed by atoms with Gasteiger partial charge in [-0.05, 0) is 38.3 Å². The SMILES string of the molecule is Cc1cc(C)c(OC(=O)N2CCC(c3nc(-c4ccccc4)no3)CC2)cn1. The van der Waals surface area contributed by atoms with E-state index < -0.39 is 0 Å². The molecule has 28 heavy (non-hydrogen) atoms. The van der Waals surface area contributed by atoms with Crippen molar-refractivity contribution in [3.05, 3.63) is 59.7 Å². The van der Waals surface area contributed by atoms with E-state index in [1.165, 1.54) is 0 Å². The summed E-state index contributed by atoms with van der Waals surface area (Å²) in [7, 11) is 0. The van der Waals surface area contributed by atoms with Crippen LogP contribution in [0.4, 0.5) is 4.79 Å². The molecule has 0 N–H and O–H groups in total. The molecule has 7 heteroatoms. The molecular formula is C21H22N4O3. The third-order valence-corrected chi connectivity index (χ3v) is 4.97. The molecule has 0 aliphatic carbocycles. The molecule has 0 bridgehead atoms. The lowest BCUT2D eigenvalue weighted by molar-refractivity contribution is 0.134. The highest BCUT2D eigenvalue weighted by Gasteiger charge is 2.28. The zero-order valence-electron chi connectivity index (χ0n) is 16.0. The largest absolute Gasteiger partial charge is 0.415 e. The number of benzene rings is 1. The first-order valence-electron chi connectivity index (χ1n) is 9.39. The van der Waals surface area contributed by atoms with Crippen LogP contribution in [0.3, 0.4) is 0 Å². The lowest BCUT2D eigenvalue weighted by Crippen LogP contribution is -2.39. The van der Waals surface area contributed by atoms with Crippen molar-refractivity contribution in [1.82, 2.24) is 20.0 Å². The molecule has 3 heterocycles. The summed E-state index contributed by atoms with van der Waals surface area (Å²) in [6.45, 7) is 4.99. The monoisotopic (exact) mass is 378 g/mol. The molecule has 0 atom stereocenters. The third-order valence-electron chi connectivity index (χ3n) is 4.97. The van der Waals surface area contributed by atoms with E-state index in [1.807, 2.05) is 50.2 Å². The van der Waals surface area contributed by atoms with Crippen molar-refractivity contribution in [1.29, 1.82) is 0 Å². The number of ether oxygens (including phenoxy) is 1. The van der Waals surface area contributed by atoms with E-state index >= 15 is 0 Å². The predicted octanol–water partition coefficient (Wildman–Crippen LogP) is 4.13. The van der Waals surface area contributed by atoms with Crippen LogP contribution in [0.25, 0.3) is 11.4 Å². The number of piperidine rings is 1. The van der Waals surface area contributed by atoms with Gasteiger partial charge in [-0.3, -0.25) is 4.98 Å². The zero-order chi connectivity index (χ0) is 19.5. The first-order valence-corrected chi connectivity index (χ1v) is 9.39. The Morgan fingerprint density at radius 3 is 2.64 bits per heavy atom. The van der Waals surface area contributed by atoms with Gasteiger partial charge in [0.05, 0.1) is 6.20 Å². The van der Waals surface area contributed by atoms with Crippen LogP contribution in [0.15, 0.2) is 47.1 Å². The lowest BCUT2D eigenvalue weighted by atomic mass is 9.97. The summed E-state index contributed by atoms with van der Waals surface area (Å²) in [4.78, 5) is 22.9. The molecule has 0 radical (unpaired) electrons. The maximum atomic E-state index is 12.5. The molecule has 3 aromatic rings. The van der Waals surface area contributed by atoms with Crippen molar-refractivity contribution < 1.29 is 14.1 Å². The first-order chi connectivity index (χ1) is 13.6. The second kappa shape index (κ2) is 7.80. The summed E-state index contributed by atoms with van der Waals surface area (Å²) < 4.78 is 11.0. The van der Waals surface area contributed by atoms with Gasteiger partial charge in [-0.1, -0.05) is 35.5 Å². The Hall–Kier alpha value is -3.22. The highest BCUT2D eigenvalue weighted by molar-refractivity contribution is 5.71. The lowest BCUT2D eigenvalue weighted by Gasteiger charge is -2.29. The summed E-state index contributed by atoms with van der Waals surface area (Å²) >= 11 is 0. The minimum absolute atomic E-state index is 0.150. The number of nitrogens with zero attached hydrogens (tertiary/aromatic N) is 4. The molecule has 4 rings (SSSR count). The summed E-state index contributed by atoms with van der Waals surface area (Å²) in [6.07, 6.45) is 2.77. The van der Waals surface area contributed by atoms with E-state index in [4.69, 9.17) is 9.26 Å². The van der Waals surface area contributed by atoms with Gasteiger partial charge in [-0.25, -0.2) is 4.79 Å². The minimum Gasteiger partial charge on any atom is -0.408 e. The molecule has 0 spiro atoms. The highest BCUT2D eigenvalue weighted by atomic mass is 16.6. The van der Waals surface area contributed by atoms with Crippen LogP contribution in [0, 0.1) is 13.8 Å². The minimum atomic E-state index is -0.345. The first kappa shape index (κ1) is 18.2. The van der Waals surface area contributed by atoms with Crippen LogP contribution >= 0.6 is 0 Å². The number of amides is 1. The number of hydrogen-bond acceptors (Lipinski definition) is 6. The van der Waals surface area contributed by atoms with E-state index in [-0.39, 0.29) is 12.0 Å². The second-order valence-corrected chi connectivity index (χ2v) is 7.04. The predicted molar refractivity (Wildman–Crippen MR) is 103 cm³/mol. The Kier molecular flexibility index (Phi) is 5.06. The van der Waals surface area contributed by atoms with Crippen molar-refractivity contribution in [3.63, 3.8) is 0 Å². The van der Waals surface area contributed by atoms with Gasteiger partial charge in [-0.2, -0.15) is 4.98 Å². The number of hydrogen-bond donors (Lipinski definition) is 0. The number of rotatable bonds is 3. The van der Waals surface area contributed by atoms with Gasteiger partial charge < -0.3 is 14.2 Å². The molecular weight excluding hydrogens is 356 g/mol. The topological polar surface area (TPSA) is 81.4 Å². The van der Waals surface area contributed by atoms with Crippen molar-refractivity contribution in [3.8, 4) is 17.1 Å². The zero-order valence-corrected chi connectivity index (χ0v) is 16.0. The molecule has 0 saturated carbocycles. The van der Waals surface area contributed by atoms with E-state index in [0.717, 1.165) is 29.7 Å². The quantitative estimate of drug-likeness (QED) is 0.682. The maximum absolute atomic E-state index is 12.5. The van der Waals surface area contributed by atoms with E-state index in [2.05, 4.69) is 15.1 Å². The highest BCUT2D eigenvalue weighted by Crippen LogP contribution is 2.29. The molecule has 1 aromatic carbocycles. The molecule has 1 amide bonds. The number of likely N-dealkylation sites (tertiary alicyclic amines) is 1. The van der Waals surface area contributed by atoms with Crippen LogP contribution in [0.5, 0.6) is 5.75 Å². The Morgan fingerprint density at radius 2 is 1.93 bits per heavy atom. The molecule has 1 saturated heterocycles. The standard InChI is InChI=1S/C21H22N4O3/c1-14-12-15(2)22-13-18(14)27-21(26)25-10-8-17(9-11-25)20-23-19(24-28-20)16-6-4-3-5-7-16/h3-7,12-13,17H,8-11H2,1-2H3. The van der Waals surface area contributed by atoms with Crippen LogP contribution in [-0.4, -0.2) is 39.2 Å². The van der Waals surface area contributed by atoms with Crippen LogP contribution in [0.2, 0.25) is 0 Å². The number of pyridine rings is 1.